The van der Waals surface area contributed by atoms with Crippen LogP contribution in [0.25, 0.3) is 0 Å². The summed E-state index contributed by atoms with van der Waals surface area (Å²) in [6.07, 6.45) is 13.6. The number of fused-ring (bicyclic) bond motifs is 5. The first kappa shape index (κ1) is 21.6. The Labute approximate surface area is 187 Å². The first-order chi connectivity index (χ1) is 14.5. The van der Waals surface area contributed by atoms with Crippen molar-refractivity contribution in [3.63, 3.8) is 0 Å². The number of aromatic nitrogens is 3. The maximum atomic E-state index is 13.6. The molecule has 0 aliphatic heterocycles. The minimum absolute atomic E-state index is 0.0977. The molecule has 9 atom stereocenters. The molecule has 4 saturated carbocycles. The molecular weight excluding hydrogens is 386 g/mol. The van der Waals surface area contributed by atoms with Gasteiger partial charge in [-0.15, -0.1) is 5.10 Å². The van der Waals surface area contributed by atoms with Crippen LogP contribution in [0.15, 0.2) is 12.4 Å². The van der Waals surface area contributed by atoms with Crippen molar-refractivity contribution in [3.05, 3.63) is 12.4 Å². The van der Waals surface area contributed by atoms with E-state index in [1.807, 2.05) is 20.0 Å². The van der Waals surface area contributed by atoms with Crippen molar-refractivity contribution >= 4 is 5.78 Å². The summed E-state index contributed by atoms with van der Waals surface area (Å²) < 4.78 is 1.73. The summed E-state index contributed by atoms with van der Waals surface area (Å²) in [5, 5.41) is 18.8. The van der Waals surface area contributed by atoms with Crippen molar-refractivity contribution in [2.24, 2.45) is 39.9 Å². The Bertz CT molecular complexity index is 851. The van der Waals surface area contributed by atoms with Crippen LogP contribution in [0, 0.1) is 39.9 Å². The summed E-state index contributed by atoms with van der Waals surface area (Å²) in [5.41, 5.74) is 0.268. The van der Waals surface area contributed by atoms with Crippen LogP contribution >= 0.6 is 0 Å². The third-order valence-electron chi connectivity index (χ3n) is 11.1. The molecule has 4 aliphatic rings. The second-order valence-electron chi connectivity index (χ2n) is 12.7. The summed E-state index contributed by atoms with van der Waals surface area (Å²) in [5.74, 6) is 2.47. The third kappa shape index (κ3) is 3.01. The molecule has 0 spiro atoms. The number of hydrogen-bond acceptors (Lipinski definition) is 4. The van der Waals surface area contributed by atoms with Gasteiger partial charge in [0.2, 0.25) is 0 Å². The Morgan fingerprint density at radius 2 is 1.68 bits per heavy atom. The molecule has 5 heteroatoms. The van der Waals surface area contributed by atoms with E-state index in [0.29, 0.717) is 28.4 Å². The molecule has 0 aromatic carbocycles. The fourth-order valence-corrected chi connectivity index (χ4v) is 9.42. The van der Waals surface area contributed by atoms with Gasteiger partial charge in [-0.3, -0.25) is 4.79 Å². The Balaban J connectivity index is 1.42. The standard InChI is InChI=1S/C26H41N3O2/c1-17(29-15-14-27-28-29)22(30)19-6-7-20-25(19,4)11-9-21-24(3)13-12-23(2,31)16-18(24)8-10-26(20,21)5/h14-15,17-21,31H,6-13,16H2,1-5H3/t17-,18+,19-,20-,21-,23-,24+,25-,26+/m1/s1. The smallest absolute Gasteiger partial charge is 0.160 e. The van der Waals surface area contributed by atoms with Crippen LogP contribution in [0.2, 0.25) is 0 Å². The highest BCUT2D eigenvalue weighted by molar-refractivity contribution is 5.85. The summed E-state index contributed by atoms with van der Waals surface area (Å²) in [7, 11) is 0. The monoisotopic (exact) mass is 427 g/mol. The van der Waals surface area contributed by atoms with E-state index in [9.17, 15) is 9.90 Å². The van der Waals surface area contributed by atoms with Crippen molar-refractivity contribution in [3.8, 4) is 0 Å². The second-order valence-corrected chi connectivity index (χ2v) is 12.7. The predicted octanol–water partition coefficient (Wildman–Crippen LogP) is 5.21. The Morgan fingerprint density at radius 3 is 2.39 bits per heavy atom. The lowest BCUT2D eigenvalue weighted by Crippen LogP contribution is -2.60. The van der Waals surface area contributed by atoms with Gasteiger partial charge < -0.3 is 5.11 Å². The van der Waals surface area contributed by atoms with Crippen molar-refractivity contribution in [1.82, 2.24) is 15.0 Å². The van der Waals surface area contributed by atoms with Gasteiger partial charge >= 0.3 is 0 Å². The van der Waals surface area contributed by atoms with Crippen LogP contribution < -0.4 is 0 Å². The first-order valence-corrected chi connectivity index (χ1v) is 12.6. The Hall–Kier alpha value is -1.23. The van der Waals surface area contributed by atoms with E-state index in [4.69, 9.17) is 0 Å². The number of nitrogens with zero attached hydrogens (tertiary/aromatic N) is 3. The molecule has 0 unspecified atom stereocenters. The first-order valence-electron chi connectivity index (χ1n) is 12.6. The largest absolute Gasteiger partial charge is 0.390 e. The zero-order valence-corrected chi connectivity index (χ0v) is 20.1. The fraction of sp³-hybridized carbons (Fsp3) is 0.885. The van der Waals surface area contributed by atoms with Gasteiger partial charge in [-0.05, 0) is 106 Å². The topological polar surface area (TPSA) is 68.0 Å². The van der Waals surface area contributed by atoms with Gasteiger partial charge in [0.15, 0.2) is 5.78 Å². The highest BCUT2D eigenvalue weighted by Gasteiger charge is 2.66. The van der Waals surface area contributed by atoms with E-state index < -0.39 is 5.60 Å². The van der Waals surface area contributed by atoms with Gasteiger partial charge in [0.25, 0.3) is 0 Å². The van der Waals surface area contributed by atoms with Gasteiger partial charge in [-0.25, -0.2) is 4.68 Å². The quantitative estimate of drug-likeness (QED) is 0.719. The molecule has 5 nitrogen and oxygen atoms in total. The summed E-state index contributed by atoms with van der Waals surface area (Å²) in [6.45, 7) is 11.6. The summed E-state index contributed by atoms with van der Waals surface area (Å²) in [6, 6.07) is -0.234. The molecule has 0 bridgehead atoms. The molecule has 0 amide bonds. The summed E-state index contributed by atoms with van der Waals surface area (Å²) in [4.78, 5) is 13.6. The minimum Gasteiger partial charge on any atom is -0.390 e. The van der Waals surface area contributed by atoms with Crippen LogP contribution in [0.1, 0.15) is 98.4 Å². The molecule has 1 N–H and O–H groups in total. The summed E-state index contributed by atoms with van der Waals surface area (Å²) >= 11 is 0. The molecule has 1 aromatic heterocycles. The second kappa shape index (κ2) is 6.88. The van der Waals surface area contributed by atoms with Crippen LogP contribution in [-0.4, -0.2) is 31.5 Å². The van der Waals surface area contributed by atoms with E-state index in [0.717, 1.165) is 38.0 Å². The fourth-order valence-electron chi connectivity index (χ4n) is 9.42. The molecule has 5 rings (SSSR count). The van der Waals surface area contributed by atoms with Crippen LogP contribution in [-0.2, 0) is 4.79 Å². The van der Waals surface area contributed by atoms with Crippen LogP contribution in [0.4, 0.5) is 0 Å². The van der Waals surface area contributed by atoms with Crippen molar-refractivity contribution in [2.75, 3.05) is 0 Å². The van der Waals surface area contributed by atoms with Gasteiger partial charge in [0.05, 0.1) is 11.8 Å². The molecular formula is C26H41N3O2. The molecule has 4 fully saturated rings. The van der Waals surface area contributed by atoms with Gasteiger partial charge in [-0.2, -0.15) is 0 Å². The molecule has 0 saturated heterocycles. The van der Waals surface area contributed by atoms with Gasteiger partial charge in [0.1, 0.15) is 6.04 Å². The number of carbonyl (C=O) groups is 1. The number of Topliss-reactive ketones (excluding diaryl/α,β-unsaturated/α-hetero) is 1. The van der Waals surface area contributed by atoms with E-state index in [1.165, 1.54) is 25.7 Å². The molecule has 172 valence electrons. The Kier molecular flexibility index (Phi) is 4.80. The number of hydrogen-bond donors (Lipinski definition) is 1. The molecule has 4 aliphatic carbocycles. The minimum atomic E-state index is -0.483. The SMILES string of the molecule is C[C@H](C(=O)[C@H]1CC[C@H]2[C@]3(C)CC[C@H]4C[C@](C)(O)CC[C@]4(C)[C@H]3CC[C@@]21C)n1ccnn1. The lowest BCUT2D eigenvalue weighted by atomic mass is 9.39. The lowest BCUT2D eigenvalue weighted by molar-refractivity contribution is -0.186. The van der Waals surface area contributed by atoms with Gasteiger partial charge in [0, 0.05) is 12.1 Å². The molecule has 0 radical (unpaired) electrons. The average molecular weight is 428 g/mol. The van der Waals surface area contributed by atoms with Crippen LogP contribution in [0.5, 0.6) is 0 Å². The van der Waals surface area contributed by atoms with E-state index in [2.05, 4.69) is 31.1 Å². The normalized spacial score (nSPS) is 50.3. The number of carbonyl (C=O) groups excluding carboxylic acids is 1. The maximum absolute atomic E-state index is 13.6. The predicted molar refractivity (Wildman–Crippen MR) is 120 cm³/mol. The number of ketones is 1. The molecule has 31 heavy (non-hydrogen) atoms. The van der Waals surface area contributed by atoms with E-state index in [-0.39, 0.29) is 17.4 Å². The van der Waals surface area contributed by atoms with Crippen molar-refractivity contribution in [2.45, 2.75) is 104 Å². The van der Waals surface area contributed by atoms with E-state index >= 15 is 0 Å². The highest BCUT2D eigenvalue weighted by Crippen LogP contribution is 2.72. The zero-order chi connectivity index (χ0) is 22.2. The van der Waals surface area contributed by atoms with E-state index in [1.54, 1.807) is 10.9 Å². The number of aliphatic hydroxyl groups is 1. The lowest BCUT2D eigenvalue weighted by Gasteiger charge is -2.66. The van der Waals surface area contributed by atoms with Gasteiger partial charge in [-0.1, -0.05) is 26.0 Å². The zero-order valence-electron chi connectivity index (χ0n) is 20.1. The van der Waals surface area contributed by atoms with Crippen molar-refractivity contribution < 1.29 is 9.90 Å². The average Bonchev–Trinajstić information content (AvgIpc) is 3.36. The highest BCUT2D eigenvalue weighted by atomic mass is 16.3. The number of rotatable bonds is 3. The maximum Gasteiger partial charge on any atom is 0.160 e. The molecule has 1 heterocycles. The third-order valence-corrected chi connectivity index (χ3v) is 11.1. The Morgan fingerprint density at radius 1 is 0.968 bits per heavy atom. The van der Waals surface area contributed by atoms with Crippen LogP contribution in [0.3, 0.4) is 0 Å². The molecule has 1 aromatic rings. The van der Waals surface area contributed by atoms with Crippen molar-refractivity contribution in [1.29, 1.82) is 0 Å².